The standard InChI is InChI=1S/C22H20ClN3O4/c1-12-7-8-13(2)16(9-12)24-18(27)10-26-17-11-30-21(28)19(17)20(25-22(26)29)14-5-3-4-6-15(14)23/h3-9,20H,10-11H2,1-2H3,(H,24,27)(H,25,29)/t20-/m1/s1. The number of carbonyl (C=O) groups excluding carboxylic acids is 3. The lowest BCUT2D eigenvalue weighted by Crippen LogP contribution is -2.49. The van der Waals surface area contributed by atoms with Gasteiger partial charge >= 0.3 is 12.0 Å². The zero-order chi connectivity index (χ0) is 21.4. The fourth-order valence-corrected chi connectivity index (χ4v) is 3.87. The van der Waals surface area contributed by atoms with E-state index >= 15 is 0 Å². The second-order valence-electron chi connectivity index (χ2n) is 7.29. The molecule has 2 aromatic rings. The molecule has 8 heteroatoms. The van der Waals surface area contributed by atoms with E-state index in [9.17, 15) is 14.4 Å². The Morgan fingerprint density at radius 2 is 2.00 bits per heavy atom. The third kappa shape index (κ3) is 3.64. The summed E-state index contributed by atoms with van der Waals surface area (Å²) in [6.45, 7) is 3.50. The smallest absolute Gasteiger partial charge is 0.338 e. The van der Waals surface area contributed by atoms with E-state index in [1.165, 1.54) is 4.90 Å². The predicted molar refractivity (Wildman–Crippen MR) is 112 cm³/mol. The number of cyclic esters (lactones) is 1. The van der Waals surface area contributed by atoms with E-state index in [-0.39, 0.29) is 19.1 Å². The number of carbonyl (C=O) groups is 3. The summed E-state index contributed by atoms with van der Waals surface area (Å²) in [6.07, 6.45) is 0. The van der Waals surface area contributed by atoms with Crippen LogP contribution in [-0.4, -0.2) is 36.0 Å². The molecule has 1 atom stereocenters. The second kappa shape index (κ2) is 7.84. The molecule has 154 valence electrons. The molecule has 2 N–H and O–H groups in total. The number of nitrogens with one attached hydrogen (secondary N) is 2. The number of rotatable bonds is 4. The normalized spacial score (nSPS) is 18.1. The van der Waals surface area contributed by atoms with Crippen LogP contribution in [0.3, 0.4) is 0 Å². The molecule has 30 heavy (non-hydrogen) atoms. The monoisotopic (exact) mass is 425 g/mol. The molecule has 0 bridgehead atoms. The van der Waals surface area contributed by atoms with Crippen molar-refractivity contribution in [3.8, 4) is 0 Å². The molecule has 2 aromatic carbocycles. The molecule has 7 nitrogen and oxygen atoms in total. The molecule has 0 aromatic heterocycles. The number of hydrogen-bond acceptors (Lipinski definition) is 4. The number of ether oxygens (including phenoxy) is 1. The van der Waals surface area contributed by atoms with Crippen molar-refractivity contribution in [3.05, 3.63) is 75.4 Å². The van der Waals surface area contributed by atoms with Crippen LogP contribution >= 0.6 is 11.6 Å². The minimum Gasteiger partial charge on any atom is -0.456 e. The Balaban J connectivity index is 1.62. The highest BCUT2D eigenvalue weighted by atomic mass is 35.5. The first kappa shape index (κ1) is 20.0. The highest BCUT2D eigenvalue weighted by Gasteiger charge is 2.43. The van der Waals surface area contributed by atoms with Gasteiger partial charge in [-0.2, -0.15) is 0 Å². The molecule has 0 radical (unpaired) electrons. The van der Waals surface area contributed by atoms with Crippen LogP contribution in [0.1, 0.15) is 22.7 Å². The fourth-order valence-electron chi connectivity index (χ4n) is 3.62. The Labute approximate surface area is 178 Å². The first-order valence-electron chi connectivity index (χ1n) is 9.45. The molecule has 2 aliphatic rings. The third-order valence-electron chi connectivity index (χ3n) is 5.18. The molecule has 0 fully saturated rings. The first-order valence-corrected chi connectivity index (χ1v) is 9.82. The highest BCUT2D eigenvalue weighted by Crippen LogP contribution is 2.37. The third-order valence-corrected chi connectivity index (χ3v) is 5.53. The van der Waals surface area contributed by atoms with Gasteiger partial charge in [-0.15, -0.1) is 0 Å². The number of esters is 1. The SMILES string of the molecule is Cc1ccc(C)c(NC(=O)CN2C(=O)N[C@H](c3ccccc3Cl)C3=C2COC3=O)c1. The summed E-state index contributed by atoms with van der Waals surface area (Å²) in [6, 6.07) is 11.5. The Morgan fingerprint density at radius 1 is 1.23 bits per heavy atom. The van der Waals surface area contributed by atoms with Crippen molar-refractivity contribution in [2.75, 3.05) is 18.5 Å². The van der Waals surface area contributed by atoms with Gasteiger partial charge in [-0.3, -0.25) is 9.69 Å². The molecule has 2 aliphatic heterocycles. The number of hydrogen-bond donors (Lipinski definition) is 2. The first-order chi connectivity index (χ1) is 14.3. The number of urea groups is 1. The summed E-state index contributed by atoms with van der Waals surface area (Å²) in [4.78, 5) is 39.2. The van der Waals surface area contributed by atoms with Gasteiger partial charge in [0.25, 0.3) is 0 Å². The van der Waals surface area contributed by atoms with E-state index in [1.807, 2.05) is 32.0 Å². The number of anilines is 1. The van der Waals surface area contributed by atoms with Gasteiger partial charge in [0.2, 0.25) is 5.91 Å². The zero-order valence-corrected chi connectivity index (χ0v) is 17.2. The van der Waals surface area contributed by atoms with E-state index < -0.39 is 18.0 Å². The van der Waals surface area contributed by atoms with Crippen LogP contribution in [-0.2, 0) is 14.3 Å². The summed E-state index contributed by atoms with van der Waals surface area (Å²) in [5, 5.41) is 6.04. The Kier molecular flexibility index (Phi) is 5.22. The molecule has 0 saturated heterocycles. The number of halogens is 1. The van der Waals surface area contributed by atoms with Crippen molar-refractivity contribution < 1.29 is 19.1 Å². The van der Waals surface area contributed by atoms with Gasteiger partial charge in [0, 0.05) is 10.7 Å². The lowest BCUT2D eigenvalue weighted by Gasteiger charge is -2.32. The maximum atomic E-state index is 12.8. The average Bonchev–Trinajstić information content (AvgIpc) is 3.09. The van der Waals surface area contributed by atoms with Crippen LogP contribution in [0.2, 0.25) is 5.02 Å². The molecule has 4 rings (SSSR count). The molecule has 0 spiro atoms. The topological polar surface area (TPSA) is 87.7 Å². The summed E-state index contributed by atoms with van der Waals surface area (Å²) in [5.74, 6) is -0.906. The molecule has 0 unspecified atom stereocenters. The van der Waals surface area contributed by atoms with Crippen molar-refractivity contribution in [2.24, 2.45) is 0 Å². The van der Waals surface area contributed by atoms with Crippen molar-refractivity contribution in [1.82, 2.24) is 10.2 Å². The Bertz CT molecular complexity index is 1100. The van der Waals surface area contributed by atoms with Gasteiger partial charge in [0.1, 0.15) is 13.2 Å². The average molecular weight is 426 g/mol. The summed E-state index contributed by atoms with van der Waals surface area (Å²) in [7, 11) is 0. The minimum absolute atomic E-state index is 0.0701. The van der Waals surface area contributed by atoms with Crippen LogP contribution in [0.5, 0.6) is 0 Å². The van der Waals surface area contributed by atoms with Gasteiger partial charge in [-0.05, 0) is 42.7 Å². The maximum Gasteiger partial charge on any atom is 0.338 e. The van der Waals surface area contributed by atoms with E-state index in [0.29, 0.717) is 27.5 Å². The van der Waals surface area contributed by atoms with E-state index in [4.69, 9.17) is 16.3 Å². The van der Waals surface area contributed by atoms with E-state index in [1.54, 1.807) is 24.3 Å². The maximum absolute atomic E-state index is 12.8. The highest BCUT2D eigenvalue weighted by molar-refractivity contribution is 6.31. The number of benzene rings is 2. The molecule has 2 heterocycles. The van der Waals surface area contributed by atoms with Gasteiger partial charge in [-0.1, -0.05) is 41.9 Å². The van der Waals surface area contributed by atoms with Gasteiger partial charge in [0.05, 0.1) is 17.3 Å². The minimum atomic E-state index is -0.727. The number of nitrogens with zero attached hydrogens (tertiary/aromatic N) is 1. The summed E-state index contributed by atoms with van der Waals surface area (Å²) >= 11 is 6.28. The van der Waals surface area contributed by atoms with Crippen LogP contribution in [0.15, 0.2) is 53.7 Å². The number of aryl methyl sites for hydroxylation is 2. The zero-order valence-electron chi connectivity index (χ0n) is 16.5. The molecule has 3 amide bonds. The van der Waals surface area contributed by atoms with Crippen molar-refractivity contribution in [3.63, 3.8) is 0 Å². The van der Waals surface area contributed by atoms with Crippen LogP contribution in [0.25, 0.3) is 0 Å². The number of amides is 3. The molecule has 0 saturated carbocycles. The Hall–Kier alpha value is -3.32. The molecular weight excluding hydrogens is 406 g/mol. The largest absolute Gasteiger partial charge is 0.456 e. The van der Waals surface area contributed by atoms with Crippen molar-refractivity contribution >= 4 is 35.2 Å². The Morgan fingerprint density at radius 3 is 2.77 bits per heavy atom. The molecule has 0 aliphatic carbocycles. The second-order valence-corrected chi connectivity index (χ2v) is 7.70. The lowest BCUT2D eigenvalue weighted by atomic mass is 9.95. The van der Waals surface area contributed by atoms with Crippen LogP contribution < -0.4 is 10.6 Å². The van der Waals surface area contributed by atoms with E-state index in [2.05, 4.69) is 10.6 Å². The lowest BCUT2D eigenvalue weighted by molar-refractivity contribution is -0.136. The van der Waals surface area contributed by atoms with Crippen molar-refractivity contribution in [1.29, 1.82) is 0 Å². The van der Waals surface area contributed by atoms with Crippen LogP contribution in [0, 0.1) is 13.8 Å². The van der Waals surface area contributed by atoms with Gasteiger partial charge in [0.15, 0.2) is 0 Å². The predicted octanol–water partition coefficient (Wildman–Crippen LogP) is 3.47. The van der Waals surface area contributed by atoms with E-state index in [0.717, 1.165) is 11.1 Å². The fraction of sp³-hybridized carbons (Fsp3) is 0.227. The van der Waals surface area contributed by atoms with Gasteiger partial charge in [-0.25, -0.2) is 9.59 Å². The molecular formula is C22H20ClN3O4. The summed E-state index contributed by atoms with van der Waals surface area (Å²) in [5.41, 5.74) is 3.87. The van der Waals surface area contributed by atoms with Crippen LogP contribution in [0.4, 0.5) is 10.5 Å². The quantitative estimate of drug-likeness (QED) is 0.734. The van der Waals surface area contributed by atoms with Gasteiger partial charge < -0.3 is 15.4 Å². The van der Waals surface area contributed by atoms with Crippen molar-refractivity contribution in [2.45, 2.75) is 19.9 Å². The summed E-state index contributed by atoms with van der Waals surface area (Å²) < 4.78 is 5.18.